The Morgan fingerprint density at radius 1 is 1.02 bits per heavy atom. The minimum atomic E-state index is -1.09. The number of esters is 1. The number of ether oxygens (including phenoxy) is 5. The first-order chi connectivity index (χ1) is 21.3. The van der Waals surface area contributed by atoms with Crippen molar-refractivity contribution in [3.05, 3.63) is 124 Å². The van der Waals surface area contributed by atoms with E-state index in [9.17, 15) is 14.4 Å². The largest absolute Gasteiger partial charge is 0.490 e. The van der Waals surface area contributed by atoms with Crippen molar-refractivity contribution < 1.29 is 32.9 Å². The number of hydrogen-bond donors (Lipinski definition) is 1. The number of benzene rings is 4. The molecule has 10 heteroatoms. The van der Waals surface area contributed by atoms with E-state index in [4.69, 9.17) is 41.0 Å². The SMILES string of the molecule is CCOc1cc(C2C(C#N)=C(N)Oc3cc(OC(=O)C(C)Oc4ccccc4F)ccc32)ccc1OCc1ccc(Cl)cc1. The first-order valence-corrected chi connectivity index (χ1v) is 14.1. The zero-order valence-corrected chi connectivity index (χ0v) is 24.6. The molecule has 0 bridgehead atoms. The molecule has 0 aromatic heterocycles. The predicted molar refractivity (Wildman–Crippen MR) is 161 cm³/mol. The number of nitriles is 1. The molecule has 1 aliphatic heterocycles. The van der Waals surface area contributed by atoms with Gasteiger partial charge in [0.1, 0.15) is 29.7 Å². The van der Waals surface area contributed by atoms with Gasteiger partial charge in [0.2, 0.25) is 5.88 Å². The molecule has 5 rings (SSSR count). The minimum Gasteiger partial charge on any atom is -0.490 e. The van der Waals surface area contributed by atoms with E-state index in [2.05, 4.69) is 6.07 Å². The molecular weight excluding hydrogens is 587 g/mol. The number of carbonyl (C=O) groups excluding carboxylic acids is 1. The summed E-state index contributed by atoms with van der Waals surface area (Å²) in [5.41, 5.74) is 8.68. The van der Waals surface area contributed by atoms with Gasteiger partial charge < -0.3 is 29.4 Å². The van der Waals surface area contributed by atoms with Crippen LogP contribution in [0, 0.1) is 17.1 Å². The van der Waals surface area contributed by atoms with Crippen molar-refractivity contribution in [2.45, 2.75) is 32.5 Å². The maximum absolute atomic E-state index is 14.0. The highest BCUT2D eigenvalue weighted by Gasteiger charge is 2.32. The van der Waals surface area contributed by atoms with Crippen molar-refractivity contribution in [2.75, 3.05) is 6.61 Å². The van der Waals surface area contributed by atoms with Gasteiger partial charge in [-0.3, -0.25) is 0 Å². The van der Waals surface area contributed by atoms with Gasteiger partial charge in [-0.2, -0.15) is 5.26 Å². The Hall–Kier alpha value is -5.20. The normalized spacial score (nSPS) is 14.5. The van der Waals surface area contributed by atoms with Gasteiger partial charge in [-0.05, 0) is 67.4 Å². The second-order valence-corrected chi connectivity index (χ2v) is 10.2. The Kier molecular flexibility index (Phi) is 9.22. The first-order valence-electron chi connectivity index (χ1n) is 13.8. The summed E-state index contributed by atoms with van der Waals surface area (Å²) >= 11 is 5.99. The number of allylic oxidation sites excluding steroid dienone is 1. The second kappa shape index (κ2) is 13.4. The summed E-state index contributed by atoms with van der Waals surface area (Å²) in [6.07, 6.45) is -1.09. The number of fused-ring (bicyclic) bond motifs is 1. The predicted octanol–water partition coefficient (Wildman–Crippen LogP) is 7.05. The van der Waals surface area contributed by atoms with E-state index in [1.807, 2.05) is 25.1 Å². The van der Waals surface area contributed by atoms with Crippen LogP contribution in [0.1, 0.15) is 36.5 Å². The quantitative estimate of drug-likeness (QED) is 0.149. The third-order valence-corrected chi connectivity index (χ3v) is 7.04. The fourth-order valence-corrected chi connectivity index (χ4v) is 4.78. The average Bonchev–Trinajstić information content (AvgIpc) is 3.01. The summed E-state index contributed by atoms with van der Waals surface area (Å²) in [6.45, 7) is 4.02. The van der Waals surface area contributed by atoms with Crippen LogP contribution in [-0.4, -0.2) is 18.7 Å². The summed E-state index contributed by atoms with van der Waals surface area (Å²) in [4.78, 5) is 12.7. The molecule has 8 nitrogen and oxygen atoms in total. The lowest BCUT2D eigenvalue weighted by molar-refractivity contribution is -0.141. The molecule has 44 heavy (non-hydrogen) atoms. The standard InChI is InChI=1S/C34H28ClFN2O6/c1-3-40-31-16-22(10-15-29(31)41-19-21-8-11-23(35)12-9-21)32-25-14-13-24(17-30(25)44-33(38)26(32)18-37)43-34(39)20(2)42-28-7-5-4-6-27(28)36/h4-17,20,32H,3,19,38H2,1-2H3. The molecule has 4 aromatic carbocycles. The molecule has 0 radical (unpaired) electrons. The molecule has 4 aromatic rings. The van der Waals surface area contributed by atoms with Crippen LogP contribution in [0.25, 0.3) is 0 Å². The third-order valence-electron chi connectivity index (χ3n) is 6.79. The number of rotatable bonds is 10. The molecule has 2 unspecified atom stereocenters. The molecule has 0 saturated carbocycles. The van der Waals surface area contributed by atoms with Crippen molar-refractivity contribution in [1.82, 2.24) is 0 Å². The molecule has 0 aliphatic carbocycles. The molecule has 0 fully saturated rings. The van der Waals surface area contributed by atoms with E-state index in [0.717, 1.165) is 5.56 Å². The number of carbonyl (C=O) groups is 1. The van der Waals surface area contributed by atoms with Gasteiger partial charge in [0.15, 0.2) is 29.2 Å². The van der Waals surface area contributed by atoms with Crippen molar-refractivity contribution in [3.63, 3.8) is 0 Å². The molecule has 0 spiro atoms. The van der Waals surface area contributed by atoms with Crippen molar-refractivity contribution in [1.29, 1.82) is 5.26 Å². The Bertz CT molecular complexity index is 1750. The molecule has 2 atom stereocenters. The lowest BCUT2D eigenvalue weighted by atomic mass is 9.83. The van der Waals surface area contributed by atoms with Crippen LogP contribution >= 0.6 is 11.6 Å². The maximum atomic E-state index is 14.0. The van der Waals surface area contributed by atoms with E-state index in [0.29, 0.717) is 46.6 Å². The van der Waals surface area contributed by atoms with Crippen LogP contribution in [-0.2, 0) is 11.4 Å². The molecule has 224 valence electrons. The van der Waals surface area contributed by atoms with Crippen LogP contribution in [0.3, 0.4) is 0 Å². The summed E-state index contributed by atoms with van der Waals surface area (Å²) in [5.74, 6) is -0.581. The van der Waals surface area contributed by atoms with Crippen molar-refractivity contribution in [2.24, 2.45) is 5.73 Å². The smallest absolute Gasteiger partial charge is 0.352 e. The average molecular weight is 615 g/mol. The maximum Gasteiger partial charge on any atom is 0.352 e. The van der Waals surface area contributed by atoms with Gasteiger partial charge >= 0.3 is 5.97 Å². The molecular formula is C34H28ClFN2O6. The Morgan fingerprint density at radius 3 is 2.52 bits per heavy atom. The van der Waals surface area contributed by atoms with E-state index < -0.39 is 23.8 Å². The van der Waals surface area contributed by atoms with E-state index in [1.54, 1.807) is 42.5 Å². The highest BCUT2D eigenvalue weighted by atomic mass is 35.5. The minimum absolute atomic E-state index is 0.0664. The van der Waals surface area contributed by atoms with Gasteiger partial charge in [0, 0.05) is 16.7 Å². The summed E-state index contributed by atoms with van der Waals surface area (Å²) in [6, 6.07) is 25.5. The molecule has 1 heterocycles. The van der Waals surface area contributed by atoms with Crippen LogP contribution in [0.5, 0.6) is 28.7 Å². The topological polar surface area (TPSA) is 113 Å². The van der Waals surface area contributed by atoms with E-state index >= 15 is 0 Å². The zero-order chi connectivity index (χ0) is 31.2. The zero-order valence-electron chi connectivity index (χ0n) is 23.9. The van der Waals surface area contributed by atoms with Crippen LogP contribution < -0.4 is 29.4 Å². The van der Waals surface area contributed by atoms with Gasteiger partial charge in [-0.1, -0.05) is 48.0 Å². The fourth-order valence-electron chi connectivity index (χ4n) is 4.65. The highest BCUT2D eigenvalue weighted by molar-refractivity contribution is 6.30. The number of hydrogen-bond acceptors (Lipinski definition) is 8. The monoisotopic (exact) mass is 614 g/mol. The van der Waals surface area contributed by atoms with Gasteiger partial charge in [0.25, 0.3) is 0 Å². The number of nitrogens with zero attached hydrogens (tertiary/aromatic N) is 1. The van der Waals surface area contributed by atoms with Gasteiger partial charge in [-0.25, -0.2) is 9.18 Å². The number of para-hydroxylation sites is 1. The van der Waals surface area contributed by atoms with E-state index in [-0.39, 0.29) is 23.0 Å². The van der Waals surface area contributed by atoms with Crippen LogP contribution in [0.4, 0.5) is 4.39 Å². The summed E-state index contributed by atoms with van der Waals surface area (Å²) < 4.78 is 42.6. The van der Waals surface area contributed by atoms with Crippen molar-refractivity contribution >= 4 is 17.6 Å². The van der Waals surface area contributed by atoms with Gasteiger partial charge in [0.05, 0.1) is 12.5 Å². The van der Waals surface area contributed by atoms with E-state index in [1.165, 1.54) is 31.2 Å². The molecule has 1 aliphatic rings. The highest BCUT2D eigenvalue weighted by Crippen LogP contribution is 2.45. The van der Waals surface area contributed by atoms with Crippen molar-refractivity contribution in [3.8, 4) is 34.8 Å². The van der Waals surface area contributed by atoms with Gasteiger partial charge in [-0.15, -0.1) is 0 Å². The lowest BCUT2D eigenvalue weighted by Crippen LogP contribution is -2.29. The summed E-state index contributed by atoms with van der Waals surface area (Å²) in [5, 5.41) is 10.6. The second-order valence-electron chi connectivity index (χ2n) is 9.79. The fraction of sp³-hybridized carbons (Fsp3) is 0.176. The Morgan fingerprint density at radius 2 is 1.80 bits per heavy atom. The lowest BCUT2D eigenvalue weighted by Gasteiger charge is -2.27. The Labute approximate surface area is 258 Å². The molecule has 0 saturated heterocycles. The number of nitrogens with two attached hydrogens (primary N) is 1. The molecule has 0 amide bonds. The first kappa shape index (κ1) is 30.3. The van der Waals surface area contributed by atoms with Crippen LogP contribution in [0.15, 0.2) is 96.4 Å². The Balaban J connectivity index is 1.39. The third kappa shape index (κ3) is 6.72. The van der Waals surface area contributed by atoms with Crippen LogP contribution in [0.2, 0.25) is 5.02 Å². The number of halogens is 2. The summed E-state index contributed by atoms with van der Waals surface area (Å²) in [7, 11) is 0. The molecule has 2 N–H and O–H groups in total.